The van der Waals surface area contributed by atoms with Gasteiger partial charge in [-0.25, -0.2) is 0 Å². The van der Waals surface area contributed by atoms with Crippen LogP contribution >= 0.6 is 11.8 Å². The first-order valence-corrected chi connectivity index (χ1v) is 7.39. The number of nitrogens with zero attached hydrogens (tertiary/aromatic N) is 1. The molecule has 0 bridgehead atoms. The lowest BCUT2D eigenvalue weighted by Crippen LogP contribution is -2.34. The summed E-state index contributed by atoms with van der Waals surface area (Å²) in [7, 11) is 0. The zero-order valence-corrected chi connectivity index (χ0v) is 11.3. The molecule has 4 heteroatoms. The van der Waals surface area contributed by atoms with Crippen LogP contribution in [0.25, 0.3) is 10.9 Å². The number of para-hydroxylation sites is 1. The van der Waals surface area contributed by atoms with E-state index in [-0.39, 0.29) is 0 Å². The number of hydrogen-bond donors (Lipinski definition) is 1. The Morgan fingerprint density at radius 1 is 1.42 bits per heavy atom. The number of aromatic nitrogens is 1. The van der Waals surface area contributed by atoms with Gasteiger partial charge in [-0.2, -0.15) is 0 Å². The Morgan fingerprint density at radius 2 is 2.26 bits per heavy atom. The van der Waals surface area contributed by atoms with E-state index in [1.807, 2.05) is 30.5 Å². The molecule has 1 aliphatic heterocycles. The average Bonchev–Trinajstić information content (AvgIpc) is 2.88. The number of benzene rings is 1. The molecule has 1 saturated heterocycles. The Hall–Kier alpha value is -1.55. The lowest BCUT2D eigenvalue weighted by Gasteiger charge is -2.22. The first-order valence-electron chi connectivity index (χ1n) is 6.41. The third kappa shape index (κ3) is 2.32. The van der Waals surface area contributed by atoms with Crippen molar-refractivity contribution in [3.05, 3.63) is 42.1 Å². The fourth-order valence-corrected chi connectivity index (χ4v) is 3.98. The van der Waals surface area contributed by atoms with E-state index in [0.717, 1.165) is 35.1 Å². The number of fused-ring (bicyclic) bond motifs is 1. The van der Waals surface area contributed by atoms with Crippen molar-refractivity contribution in [1.82, 2.24) is 4.98 Å². The normalized spacial score (nSPS) is 22.7. The van der Waals surface area contributed by atoms with Crippen LogP contribution in [0.2, 0.25) is 0 Å². The third-order valence-corrected chi connectivity index (χ3v) is 5.20. The summed E-state index contributed by atoms with van der Waals surface area (Å²) in [4.78, 5) is 16.0. The number of carboxylic acid groups (broad SMARTS) is 1. The van der Waals surface area contributed by atoms with Crippen molar-refractivity contribution in [2.45, 2.75) is 24.0 Å². The molecule has 1 aliphatic rings. The van der Waals surface area contributed by atoms with E-state index in [1.165, 1.54) is 0 Å². The van der Waals surface area contributed by atoms with Crippen molar-refractivity contribution in [3.8, 4) is 0 Å². The Bertz CT molecular complexity index is 620. The van der Waals surface area contributed by atoms with Crippen LogP contribution in [0.1, 0.15) is 18.4 Å². The molecule has 1 aromatic carbocycles. The minimum Gasteiger partial charge on any atom is -0.480 e. The van der Waals surface area contributed by atoms with Crippen LogP contribution in [-0.2, 0) is 11.2 Å². The van der Waals surface area contributed by atoms with Crippen molar-refractivity contribution < 1.29 is 9.90 Å². The lowest BCUT2D eigenvalue weighted by atomic mass is 9.94. The lowest BCUT2D eigenvalue weighted by molar-refractivity contribution is -0.139. The zero-order chi connectivity index (χ0) is 13.3. The molecule has 2 aromatic rings. The van der Waals surface area contributed by atoms with Crippen molar-refractivity contribution in [1.29, 1.82) is 0 Å². The molecule has 0 aliphatic carbocycles. The van der Waals surface area contributed by atoms with E-state index in [9.17, 15) is 9.90 Å². The fraction of sp³-hybridized carbons (Fsp3) is 0.333. The minimum atomic E-state index is -0.692. The van der Waals surface area contributed by atoms with Gasteiger partial charge in [0.25, 0.3) is 0 Å². The summed E-state index contributed by atoms with van der Waals surface area (Å²) in [6.45, 7) is 0. The maximum Gasteiger partial charge on any atom is 0.320 e. The molecule has 2 heterocycles. The molecule has 3 rings (SSSR count). The van der Waals surface area contributed by atoms with Gasteiger partial charge < -0.3 is 5.11 Å². The quantitative estimate of drug-likeness (QED) is 0.933. The largest absolute Gasteiger partial charge is 0.480 e. The predicted molar refractivity (Wildman–Crippen MR) is 77.5 cm³/mol. The second-order valence-corrected chi connectivity index (χ2v) is 6.44. The number of rotatable bonds is 3. The van der Waals surface area contributed by atoms with Crippen LogP contribution < -0.4 is 0 Å². The van der Waals surface area contributed by atoms with Crippen LogP contribution in [0.15, 0.2) is 36.5 Å². The molecule has 1 unspecified atom stereocenters. The fourth-order valence-electron chi connectivity index (χ4n) is 2.62. The molecule has 0 spiro atoms. The van der Waals surface area contributed by atoms with Crippen molar-refractivity contribution in [2.75, 3.05) is 5.75 Å². The second-order valence-electron chi connectivity index (χ2n) is 4.96. The number of hydrogen-bond acceptors (Lipinski definition) is 3. The summed E-state index contributed by atoms with van der Waals surface area (Å²) in [5.41, 5.74) is 1.96. The van der Waals surface area contributed by atoms with Gasteiger partial charge in [0.15, 0.2) is 0 Å². The van der Waals surface area contributed by atoms with Gasteiger partial charge in [-0.1, -0.05) is 18.2 Å². The molecule has 1 N–H and O–H groups in total. The van der Waals surface area contributed by atoms with Gasteiger partial charge in [0, 0.05) is 11.6 Å². The highest BCUT2D eigenvalue weighted by Crippen LogP contribution is 2.41. The van der Waals surface area contributed by atoms with Crippen molar-refractivity contribution in [2.24, 2.45) is 0 Å². The van der Waals surface area contributed by atoms with Crippen LogP contribution in [0.3, 0.4) is 0 Å². The van der Waals surface area contributed by atoms with Gasteiger partial charge >= 0.3 is 5.97 Å². The number of carboxylic acids is 1. The SMILES string of the molecule is O=C(O)C1(Cc2cnc3ccccc3c2)CCCS1. The molecule has 19 heavy (non-hydrogen) atoms. The summed E-state index contributed by atoms with van der Waals surface area (Å²) in [6.07, 6.45) is 4.11. The first kappa shape index (κ1) is 12.5. The molecule has 0 radical (unpaired) electrons. The monoisotopic (exact) mass is 273 g/mol. The highest BCUT2D eigenvalue weighted by atomic mass is 32.2. The van der Waals surface area contributed by atoms with Gasteiger partial charge in [0.1, 0.15) is 4.75 Å². The Labute approximate surface area is 116 Å². The minimum absolute atomic E-state index is 0.560. The maximum absolute atomic E-state index is 11.6. The van der Waals surface area contributed by atoms with Crippen LogP contribution in [-0.4, -0.2) is 26.6 Å². The smallest absolute Gasteiger partial charge is 0.320 e. The summed E-state index contributed by atoms with van der Waals surface area (Å²) in [5, 5.41) is 10.6. The molecule has 0 amide bonds. The van der Waals surface area contributed by atoms with Crippen molar-refractivity contribution >= 4 is 28.6 Å². The maximum atomic E-state index is 11.6. The first-order chi connectivity index (χ1) is 9.20. The zero-order valence-electron chi connectivity index (χ0n) is 10.5. The molecule has 3 nitrogen and oxygen atoms in total. The summed E-state index contributed by atoms with van der Waals surface area (Å²) in [5.74, 6) is 0.246. The molecule has 98 valence electrons. The summed E-state index contributed by atoms with van der Waals surface area (Å²) in [6, 6.07) is 9.98. The Kier molecular flexibility index (Phi) is 3.19. The van der Waals surface area contributed by atoms with E-state index in [2.05, 4.69) is 11.1 Å². The van der Waals surface area contributed by atoms with Crippen LogP contribution in [0, 0.1) is 0 Å². The second kappa shape index (κ2) is 4.85. The van der Waals surface area contributed by atoms with Gasteiger partial charge in [0.2, 0.25) is 0 Å². The van der Waals surface area contributed by atoms with Gasteiger partial charge in [-0.15, -0.1) is 11.8 Å². The average molecular weight is 273 g/mol. The Balaban J connectivity index is 1.94. The van der Waals surface area contributed by atoms with Gasteiger partial charge in [-0.05, 0) is 42.7 Å². The number of carbonyl (C=O) groups is 1. The molecule has 0 saturated carbocycles. The van der Waals surface area contributed by atoms with Crippen LogP contribution in [0.4, 0.5) is 0 Å². The van der Waals surface area contributed by atoms with Gasteiger partial charge in [0.05, 0.1) is 5.52 Å². The molecule has 1 aromatic heterocycles. The highest BCUT2D eigenvalue weighted by Gasteiger charge is 2.42. The topological polar surface area (TPSA) is 50.2 Å². The van der Waals surface area contributed by atoms with Crippen molar-refractivity contribution in [3.63, 3.8) is 0 Å². The van der Waals surface area contributed by atoms with E-state index in [0.29, 0.717) is 6.42 Å². The summed E-state index contributed by atoms with van der Waals surface area (Å²) < 4.78 is -0.649. The molecular formula is C15H15NO2S. The summed E-state index contributed by atoms with van der Waals surface area (Å²) >= 11 is 1.57. The van der Waals surface area contributed by atoms with E-state index in [1.54, 1.807) is 11.8 Å². The van der Waals surface area contributed by atoms with E-state index < -0.39 is 10.7 Å². The predicted octanol–water partition coefficient (Wildman–Crippen LogP) is 3.13. The standard InChI is InChI=1S/C15H15NO2S/c17-14(18)15(6-3-7-19-15)9-11-8-12-4-1-2-5-13(12)16-10-11/h1-2,4-5,8,10H,3,6-7,9H2,(H,17,18). The van der Waals surface area contributed by atoms with E-state index in [4.69, 9.17) is 0 Å². The molecular weight excluding hydrogens is 258 g/mol. The molecule has 1 fully saturated rings. The van der Waals surface area contributed by atoms with E-state index >= 15 is 0 Å². The molecule has 1 atom stereocenters. The number of thioether (sulfide) groups is 1. The Morgan fingerprint density at radius 3 is 3.00 bits per heavy atom. The highest BCUT2D eigenvalue weighted by molar-refractivity contribution is 8.01. The van der Waals surface area contributed by atoms with Gasteiger partial charge in [-0.3, -0.25) is 9.78 Å². The van der Waals surface area contributed by atoms with Crippen LogP contribution in [0.5, 0.6) is 0 Å². The third-order valence-electron chi connectivity index (χ3n) is 3.63. The number of pyridine rings is 1. The number of aliphatic carboxylic acids is 1.